The van der Waals surface area contributed by atoms with E-state index in [9.17, 15) is 0 Å². The summed E-state index contributed by atoms with van der Waals surface area (Å²) >= 11 is 0. The van der Waals surface area contributed by atoms with Crippen LogP contribution in [0.1, 0.15) is 25.5 Å². The van der Waals surface area contributed by atoms with Crippen LogP contribution in [0.3, 0.4) is 0 Å². The SMILES string of the molecule is C=C/C(C)=C(\C=C)OCC1CCCN(c2cnc(C=N)c(N)n2)C1. The fourth-order valence-electron chi connectivity index (χ4n) is 2.72. The van der Waals surface area contributed by atoms with Crippen molar-refractivity contribution in [2.24, 2.45) is 5.92 Å². The lowest BCUT2D eigenvalue weighted by molar-refractivity contribution is 0.161. The normalized spacial score (nSPS) is 18.5. The fourth-order valence-corrected chi connectivity index (χ4v) is 2.72. The lowest BCUT2D eigenvalue weighted by Crippen LogP contribution is -2.38. The minimum Gasteiger partial charge on any atom is -0.493 e. The van der Waals surface area contributed by atoms with Crippen molar-refractivity contribution >= 4 is 17.9 Å². The number of hydrogen-bond donors (Lipinski definition) is 2. The molecule has 0 spiro atoms. The molecule has 1 unspecified atom stereocenters. The number of nitrogens with two attached hydrogens (primary N) is 1. The van der Waals surface area contributed by atoms with Gasteiger partial charge in [0.05, 0.1) is 12.8 Å². The zero-order valence-electron chi connectivity index (χ0n) is 14.2. The number of rotatable bonds is 7. The van der Waals surface area contributed by atoms with Crippen LogP contribution in [0.2, 0.25) is 0 Å². The predicted molar refractivity (Wildman–Crippen MR) is 98.3 cm³/mol. The van der Waals surface area contributed by atoms with Crippen LogP contribution in [0, 0.1) is 11.3 Å². The van der Waals surface area contributed by atoms with E-state index in [4.69, 9.17) is 15.9 Å². The molecule has 0 aliphatic carbocycles. The van der Waals surface area contributed by atoms with Crippen LogP contribution in [0.25, 0.3) is 0 Å². The Bertz CT molecular complexity index is 653. The first-order valence-electron chi connectivity index (χ1n) is 8.05. The molecule has 6 heteroatoms. The van der Waals surface area contributed by atoms with Crippen molar-refractivity contribution in [2.45, 2.75) is 19.8 Å². The van der Waals surface area contributed by atoms with Crippen molar-refractivity contribution < 1.29 is 4.74 Å². The summed E-state index contributed by atoms with van der Waals surface area (Å²) in [5.41, 5.74) is 7.22. The van der Waals surface area contributed by atoms with Gasteiger partial charge >= 0.3 is 0 Å². The number of piperidine rings is 1. The van der Waals surface area contributed by atoms with Gasteiger partial charge in [-0.2, -0.15) is 0 Å². The molecule has 1 aromatic rings. The minimum absolute atomic E-state index is 0.291. The maximum atomic E-state index is 7.24. The van der Waals surface area contributed by atoms with Crippen molar-refractivity contribution in [3.63, 3.8) is 0 Å². The second-order valence-electron chi connectivity index (χ2n) is 5.86. The highest BCUT2D eigenvalue weighted by atomic mass is 16.5. The van der Waals surface area contributed by atoms with Gasteiger partial charge in [0.1, 0.15) is 17.3 Å². The summed E-state index contributed by atoms with van der Waals surface area (Å²) in [4.78, 5) is 10.7. The van der Waals surface area contributed by atoms with Crippen LogP contribution in [0.5, 0.6) is 0 Å². The van der Waals surface area contributed by atoms with Gasteiger partial charge in [-0.15, -0.1) is 0 Å². The largest absolute Gasteiger partial charge is 0.493 e. The summed E-state index contributed by atoms with van der Waals surface area (Å²) < 4.78 is 5.90. The molecule has 1 atom stereocenters. The van der Waals surface area contributed by atoms with Gasteiger partial charge in [0.15, 0.2) is 5.82 Å². The van der Waals surface area contributed by atoms with E-state index < -0.39 is 0 Å². The molecule has 1 aromatic heterocycles. The number of nitrogen functional groups attached to an aromatic ring is 1. The Morgan fingerprint density at radius 2 is 2.29 bits per heavy atom. The van der Waals surface area contributed by atoms with Crippen LogP contribution < -0.4 is 10.6 Å². The maximum absolute atomic E-state index is 7.24. The van der Waals surface area contributed by atoms with E-state index in [1.165, 1.54) is 0 Å². The van der Waals surface area contributed by atoms with E-state index in [1.807, 2.05) is 6.92 Å². The number of aromatic nitrogens is 2. The second-order valence-corrected chi connectivity index (χ2v) is 5.86. The molecule has 0 radical (unpaired) electrons. The predicted octanol–water partition coefficient (Wildman–Crippen LogP) is 2.94. The topological polar surface area (TPSA) is 88.1 Å². The molecule has 128 valence electrons. The van der Waals surface area contributed by atoms with Gasteiger partial charge in [-0.1, -0.05) is 19.2 Å². The molecule has 1 aliphatic heterocycles. The summed E-state index contributed by atoms with van der Waals surface area (Å²) in [6, 6.07) is 0. The first kappa shape index (κ1) is 17.7. The van der Waals surface area contributed by atoms with E-state index in [1.54, 1.807) is 18.3 Å². The molecule has 2 rings (SSSR count). The van der Waals surface area contributed by atoms with Crippen molar-refractivity contribution in [1.29, 1.82) is 5.41 Å². The zero-order chi connectivity index (χ0) is 17.5. The van der Waals surface area contributed by atoms with Crippen molar-refractivity contribution in [3.05, 3.63) is 48.5 Å². The summed E-state index contributed by atoms with van der Waals surface area (Å²) in [5, 5.41) is 7.24. The van der Waals surface area contributed by atoms with Gasteiger partial charge in [0.2, 0.25) is 0 Å². The van der Waals surface area contributed by atoms with Crippen molar-refractivity contribution in [2.75, 3.05) is 30.3 Å². The first-order chi connectivity index (χ1) is 11.6. The average molecular weight is 327 g/mol. The van der Waals surface area contributed by atoms with Gasteiger partial charge in [-0.3, -0.25) is 0 Å². The smallest absolute Gasteiger partial charge is 0.153 e. The number of nitrogens with zero attached hydrogens (tertiary/aromatic N) is 3. The molecule has 0 amide bonds. The Morgan fingerprint density at radius 1 is 1.50 bits per heavy atom. The van der Waals surface area contributed by atoms with Crippen LogP contribution in [-0.2, 0) is 4.74 Å². The zero-order valence-corrected chi connectivity index (χ0v) is 14.2. The summed E-state index contributed by atoms with van der Waals surface area (Å²) in [6.07, 6.45) is 8.46. The Morgan fingerprint density at radius 3 is 2.92 bits per heavy atom. The number of allylic oxidation sites excluding steroid dienone is 3. The molecular weight excluding hydrogens is 302 g/mol. The standard InChI is InChI=1S/C18H25N5O/c1-4-13(3)16(5-2)24-12-14-7-6-8-23(11-14)17-10-21-15(9-19)18(20)22-17/h4-5,9-10,14,19H,1-2,6-8,11-12H2,3H3,(H2,20,22)/b16-13+,19-9?. The molecular formula is C18H25N5O. The maximum Gasteiger partial charge on any atom is 0.153 e. The molecule has 1 fully saturated rings. The third kappa shape index (κ3) is 4.22. The molecule has 1 aliphatic rings. The van der Waals surface area contributed by atoms with Crippen molar-refractivity contribution in [1.82, 2.24) is 9.97 Å². The summed E-state index contributed by atoms with van der Waals surface area (Å²) in [5.74, 6) is 2.22. The Balaban J connectivity index is 2.01. The third-order valence-corrected chi connectivity index (χ3v) is 4.15. The average Bonchev–Trinajstić information content (AvgIpc) is 2.62. The Kier molecular flexibility index (Phi) is 6.12. The van der Waals surface area contributed by atoms with Gasteiger partial charge < -0.3 is 20.8 Å². The Labute approximate surface area is 143 Å². The quantitative estimate of drug-likeness (QED) is 0.457. The minimum atomic E-state index is 0.291. The van der Waals surface area contributed by atoms with Gasteiger partial charge in [-0.05, 0) is 31.4 Å². The van der Waals surface area contributed by atoms with Gasteiger partial charge in [0.25, 0.3) is 0 Å². The molecule has 0 saturated carbocycles. The van der Waals surface area contributed by atoms with Crippen LogP contribution in [-0.4, -0.2) is 35.9 Å². The van der Waals surface area contributed by atoms with Crippen LogP contribution in [0.15, 0.2) is 42.8 Å². The van der Waals surface area contributed by atoms with Crippen molar-refractivity contribution in [3.8, 4) is 0 Å². The van der Waals surface area contributed by atoms with E-state index in [-0.39, 0.29) is 0 Å². The van der Waals surface area contributed by atoms with Gasteiger partial charge in [0, 0.05) is 25.2 Å². The summed E-state index contributed by atoms with van der Waals surface area (Å²) in [6.45, 7) is 11.9. The first-order valence-corrected chi connectivity index (χ1v) is 8.05. The molecule has 2 heterocycles. The van der Waals surface area contributed by atoms with Gasteiger partial charge in [-0.25, -0.2) is 9.97 Å². The fraction of sp³-hybridized carbons (Fsp3) is 0.389. The lowest BCUT2D eigenvalue weighted by atomic mass is 9.99. The monoisotopic (exact) mass is 327 g/mol. The molecule has 0 bridgehead atoms. The second kappa shape index (κ2) is 8.29. The third-order valence-electron chi connectivity index (χ3n) is 4.15. The molecule has 1 saturated heterocycles. The van der Waals surface area contributed by atoms with Crippen LogP contribution in [0.4, 0.5) is 11.6 Å². The van der Waals surface area contributed by atoms with Crippen LogP contribution >= 0.6 is 0 Å². The summed E-state index contributed by atoms with van der Waals surface area (Å²) in [7, 11) is 0. The van der Waals surface area contributed by atoms with E-state index in [0.717, 1.165) is 49.3 Å². The molecule has 0 aromatic carbocycles. The van der Waals surface area contributed by atoms with E-state index in [0.29, 0.717) is 24.0 Å². The number of ether oxygens (including phenoxy) is 1. The number of hydrogen-bond acceptors (Lipinski definition) is 6. The number of anilines is 2. The van der Waals surface area contributed by atoms with E-state index in [2.05, 4.69) is 28.0 Å². The lowest BCUT2D eigenvalue weighted by Gasteiger charge is -2.33. The highest BCUT2D eigenvalue weighted by molar-refractivity contribution is 5.80. The highest BCUT2D eigenvalue weighted by Crippen LogP contribution is 2.23. The van der Waals surface area contributed by atoms with E-state index >= 15 is 0 Å². The molecule has 3 N–H and O–H groups in total. The molecule has 6 nitrogen and oxygen atoms in total. The highest BCUT2D eigenvalue weighted by Gasteiger charge is 2.22. The molecule has 24 heavy (non-hydrogen) atoms. The number of nitrogens with one attached hydrogen (secondary N) is 1. The Hall–Kier alpha value is -2.63.